The number of hydrogen-bond donors (Lipinski definition) is 2. The molecule has 0 unspecified atom stereocenters. The predicted molar refractivity (Wildman–Crippen MR) is 132 cm³/mol. The molecule has 2 aromatic rings. The second kappa shape index (κ2) is 13.2. The lowest BCUT2D eigenvalue weighted by atomic mass is 10.1. The summed E-state index contributed by atoms with van der Waals surface area (Å²) >= 11 is 0. The number of aryl methyl sites for hydroxylation is 1. The van der Waals surface area contributed by atoms with Gasteiger partial charge in [-0.15, -0.1) is 24.0 Å². The molecule has 1 amide bonds. The zero-order valence-corrected chi connectivity index (χ0v) is 20.2. The molecule has 0 saturated heterocycles. The largest absolute Gasteiger partial charge is 0.356 e. The van der Waals surface area contributed by atoms with Gasteiger partial charge < -0.3 is 15.5 Å². The number of carbonyl (C=O) groups excluding carboxylic acids is 1. The summed E-state index contributed by atoms with van der Waals surface area (Å²) in [6, 6.07) is 16.1. The Labute approximate surface area is 192 Å². The topological polar surface area (TPSA) is 56.7 Å². The SMILES string of the molecule is CCCCNC(=NCc1ccc(C(=O)N(C)C)cc1)NCc1ccc(C)cc1.I. The minimum absolute atomic E-state index is 0. The van der Waals surface area contributed by atoms with Gasteiger partial charge in [-0.25, -0.2) is 4.99 Å². The lowest BCUT2D eigenvalue weighted by Gasteiger charge is -2.13. The smallest absolute Gasteiger partial charge is 0.253 e. The molecule has 0 aliphatic heterocycles. The molecule has 0 fully saturated rings. The molecule has 0 heterocycles. The first-order chi connectivity index (χ1) is 13.5. The summed E-state index contributed by atoms with van der Waals surface area (Å²) in [4.78, 5) is 18.3. The molecule has 2 rings (SSSR count). The third-order valence-corrected chi connectivity index (χ3v) is 4.43. The number of nitrogens with zero attached hydrogens (tertiary/aromatic N) is 2. The number of aliphatic imine (C=N–C) groups is 1. The molecular formula is C23H33IN4O. The van der Waals surface area contributed by atoms with Crippen molar-refractivity contribution in [3.05, 3.63) is 70.8 Å². The van der Waals surface area contributed by atoms with E-state index in [1.54, 1.807) is 19.0 Å². The molecule has 158 valence electrons. The fraction of sp³-hybridized carbons (Fsp3) is 0.391. The number of nitrogens with one attached hydrogen (secondary N) is 2. The van der Waals surface area contributed by atoms with Gasteiger partial charge in [-0.1, -0.05) is 55.3 Å². The Hall–Kier alpha value is -2.09. The molecule has 0 aromatic heterocycles. The van der Waals surface area contributed by atoms with Gasteiger partial charge in [-0.2, -0.15) is 0 Å². The molecule has 6 heteroatoms. The lowest BCUT2D eigenvalue weighted by Crippen LogP contribution is -2.37. The predicted octanol–water partition coefficient (Wildman–Crippen LogP) is 4.35. The van der Waals surface area contributed by atoms with Gasteiger partial charge in [0, 0.05) is 32.7 Å². The van der Waals surface area contributed by atoms with Crippen LogP contribution in [0.2, 0.25) is 0 Å². The number of hydrogen-bond acceptors (Lipinski definition) is 2. The number of guanidine groups is 1. The van der Waals surface area contributed by atoms with E-state index >= 15 is 0 Å². The van der Waals surface area contributed by atoms with Crippen molar-refractivity contribution in [1.29, 1.82) is 0 Å². The Morgan fingerprint density at radius 2 is 1.59 bits per heavy atom. The summed E-state index contributed by atoms with van der Waals surface area (Å²) in [6.07, 6.45) is 2.24. The molecule has 0 bridgehead atoms. The molecule has 0 saturated carbocycles. The number of rotatable bonds is 8. The van der Waals surface area contributed by atoms with Crippen LogP contribution < -0.4 is 10.6 Å². The summed E-state index contributed by atoms with van der Waals surface area (Å²) in [6.45, 7) is 6.45. The van der Waals surface area contributed by atoms with Crippen LogP contribution in [0.4, 0.5) is 0 Å². The third-order valence-electron chi connectivity index (χ3n) is 4.43. The molecule has 0 radical (unpaired) electrons. The summed E-state index contributed by atoms with van der Waals surface area (Å²) in [5.74, 6) is 0.819. The van der Waals surface area contributed by atoms with Crippen LogP contribution in [0.5, 0.6) is 0 Å². The van der Waals surface area contributed by atoms with Gasteiger partial charge in [0.15, 0.2) is 5.96 Å². The Bertz CT molecular complexity index is 770. The van der Waals surface area contributed by atoms with Crippen LogP contribution in [0.1, 0.15) is 46.8 Å². The maximum absolute atomic E-state index is 12.0. The zero-order chi connectivity index (χ0) is 20.4. The van der Waals surface area contributed by atoms with Crippen molar-refractivity contribution in [3.8, 4) is 0 Å². The highest BCUT2D eigenvalue weighted by Gasteiger charge is 2.07. The van der Waals surface area contributed by atoms with E-state index in [9.17, 15) is 4.79 Å². The van der Waals surface area contributed by atoms with E-state index in [-0.39, 0.29) is 29.9 Å². The molecule has 0 aliphatic rings. The highest BCUT2D eigenvalue weighted by atomic mass is 127. The van der Waals surface area contributed by atoms with E-state index < -0.39 is 0 Å². The van der Waals surface area contributed by atoms with Crippen molar-refractivity contribution in [3.63, 3.8) is 0 Å². The number of unbranched alkanes of at least 4 members (excludes halogenated alkanes) is 1. The van der Waals surface area contributed by atoms with E-state index in [0.29, 0.717) is 12.1 Å². The molecule has 5 nitrogen and oxygen atoms in total. The quantitative estimate of drug-likeness (QED) is 0.241. The molecule has 0 atom stereocenters. The average Bonchev–Trinajstić information content (AvgIpc) is 2.70. The van der Waals surface area contributed by atoms with Gasteiger partial charge in [0.25, 0.3) is 5.91 Å². The van der Waals surface area contributed by atoms with Gasteiger partial charge in [0.05, 0.1) is 6.54 Å². The van der Waals surface area contributed by atoms with Crippen LogP contribution in [0, 0.1) is 6.92 Å². The summed E-state index contributed by atoms with van der Waals surface area (Å²) < 4.78 is 0. The van der Waals surface area contributed by atoms with Gasteiger partial charge in [-0.05, 0) is 36.6 Å². The van der Waals surface area contributed by atoms with Gasteiger partial charge in [0.1, 0.15) is 0 Å². The first kappa shape index (κ1) is 24.9. The highest BCUT2D eigenvalue weighted by molar-refractivity contribution is 14.0. The van der Waals surface area contributed by atoms with Crippen LogP contribution in [-0.2, 0) is 13.1 Å². The average molecular weight is 508 g/mol. The first-order valence-electron chi connectivity index (χ1n) is 9.88. The number of amides is 1. The third kappa shape index (κ3) is 8.85. The summed E-state index contributed by atoms with van der Waals surface area (Å²) in [5.41, 5.74) is 4.25. The first-order valence-corrected chi connectivity index (χ1v) is 9.88. The van der Waals surface area contributed by atoms with Crippen molar-refractivity contribution in [1.82, 2.24) is 15.5 Å². The monoisotopic (exact) mass is 508 g/mol. The number of benzene rings is 2. The second-order valence-corrected chi connectivity index (χ2v) is 7.18. The second-order valence-electron chi connectivity index (χ2n) is 7.18. The van der Waals surface area contributed by atoms with Crippen molar-refractivity contribution < 1.29 is 4.79 Å². The molecule has 0 spiro atoms. The Morgan fingerprint density at radius 1 is 0.966 bits per heavy atom. The van der Waals surface area contributed by atoms with Crippen LogP contribution >= 0.6 is 24.0 Å². The van der Waals surface area contributed by atoms with E-state index in [4.69, 9.17) is 4.99 Å². The standard InChI is InChI=1S/C23H32N4O.HI/c1-5-6-15-24-23(25-16-19-9-7-18(2)8-10-19)26-17-20-11-13-21(14-12-20)22(28)27(3)4;/h7-14H,5-6,15-17H2,1-4H3,(H2,24,25,26);1H. The van der Waals surface area contributed by atoms with Gasteiger partial charge in [-0.3, -0.25) is 4.79 Å². The van der Waals surface area contributed by atoms with Crippen molar-refractivity contribution >= 4 is 35.8 Å². The van der Waals surface area contributed by atoms with Crippen molar-refractivity contribution in [2.75, 3.05) is 20.6 Å². The fourth-order valence-corrected chi connectivity index (χ4v) is 2.63. The molecule has 2 aromatic carbocycles. The molecule has 29 heavy (non-hydrogen) atoms. The van der Waals surface area contributed by atoms with E-state index in [2.05, 4.69) is 48.7 Å². The summed E-state index contributed by atoms with van der Waals surface area (Å²) in [5, 5.41) is 6.80. The molecule has 0 aliphatic carbocycles. The van der Waals surface area contributed by atoms with Crippen LogP contribution in [0.3, 0.4) is 0 Å². The zero-order valence-electron chi connectivity index (χ0n) is 17.9. The van der Waals surface area contributed by atoms with Gasteiger partial charge in [0.2, 0.25) is 0 Å². The maximum Gasteiger partial charge on any atom is 0.253 e. The number of halogens is 1. The fourth-order valence-electron chi connectivity index (χ4n) is 2.63. The Balaban J connectivity index is 0.00000420. The Morgan fingerprint density at radius 3 is 2.17 bits per heavy atom. The minimum atomic E-state index is 0. The number of carbonyl (C=O) groups is 1. The van der Waals surface area contributed by atoms with Crippen LogP contribution in [-0.4, -0.2) is 37.4 Å². The van der Waals surface area contributed by atoms with Crippen molar-refractivity contribution in [2.45, 2.75) is 39.8 Å². The van der Waals surface area contributed by atoms with Crippen LogP contribution in [0.15, 0.2) is 53.5 Å². The maximum atomic E-state index is 12.0. The lowest BCUT2D eigenvalue weighted by molar-refractivity contribution is 0.0827. The summed E-state index contributed by atoms with van der Waals surface area (Å²) in [7, 11) is 3.52. The van der Waals surface area contributed by atoms with E-state index in [0.717, 1.165) is 37.5 Å². The van der Waals surface area contributed by atoms with Crippen molar-refractivity contribution in [2.24, 2.45) is 4.99 Å². The molecule has 2 N–H and O–H groups in total. The normalized spacial score (nSPS) is 10.8. The molecular weight excluding hydrogens is 475 g/mol. The van der Waals surface area contributed by atoms with Crippen LogP contribution in [0.25, 0.3) is 0 Å². The van der Waals surface area contributed by atoms with E-state index in [1.807, 2.05) is 24.3 Å². The minimum Gasteiger partial charge on any atom is -0.356 e. The van der Waals surface area contributed by atoms with Gasteiger partial charge >= 0.3 is 0 Å². The van der Waals surface area contributed by atoms with E-state index in [1.165, 1.54) is 11.1 Å². The highest BCUT2D eigenvalue weighted by Crippen LogP contribution is 2.08. The Kier molecular flexibility index (Phi) is 11.3.